The van der Waals surface area contributed by atoms with Gasteiger partial charge in [-0.05, 0) is 47.9 Å². The van der Waals surface area contributed by atoms with E-state index in [0.29, 0.717) is 16.9 Å². The molecular formula is C29H33NO11. The molecule has 5 unspecified atom stereocenters. The van der Waals surface area contributed by atoms with Crippen molar-refractivity contribution in [2.45, 2.75) is 65.3 Å². The topological polar surface area (TPSA) is 153 Å². The quantitative estimate of drug-likeness (QED) is 0.349. The number of hydrogen-bond acceptors (Lipinski definition) is 11. The van der Waals surface area contributed by atoms with Crippen molar-refractivity contribution in [2.24, 2.45) is 0 Å². The summed E-state index contributed by atoms with van der Waals surface area (Å²) in [7, 11) is 1.55. The maximum atomic E-state index is 12.1. The number of hydrogen-bond donors (Lipinski definition) is 1. The number of rotatable bonds is 9. The monoisotopic (exact) mass is 571 g/mol. The average molecular weight is 572 g/mol. The molecule has 1 saturated heterocycles. The Morgan fingerprint density at radius 2 is 1.39 bits per heavy atom. The van der Waals surface area contributed by atoms with Gasteiger partial charge in [-0.15, -0.1) is 0 Å². The average Bonchev–Trinajstić information content (AvgIpc) is 2.90. The smallest absolute Gasteiger partial charge is 0.303 e. The fourth-order valence-corrected chi connectivity index (χ4v) is 4.35. The summed E-state index contributed by atoms with van der Waals surface area (Å²) in [6.45, 7) is 6.05. The Kier molecular flexibility index (Phi) is 10.4. The van der Waals surface area contributed by atoms with Crippen molar-refractivity contribution in [1.82, 2.24) is 5.32 Å². The molecule has 0 saturated carbocycles. The Labute approximate surface area is 237 Å². The van der Waals surface area contributed by atoms with Gasteiger partial charge in [-0.3, -0.25) is 24.0 Å². The standard InChI is InChI=1S/C29H33NO11/c1-15-12-21(20-8-7-9-22(13-20)28(35)30-6)10-11-23(15)40-29-27(39-19(5)34)26(38-18(4)33)25(37-17(3)32)24(41-29)14-36-16(2)31/h7-13,24-27,29H,14H2,1-6H3,(H,30,35). The summed E-state index contributed by atoms with van der Waals surface area (Å²) in [6.07, 6.45) is -6.45. The van der Waals surface area contributed by atoms with E-state index in [0.717, 1.165) is 31.9 Å². The minimum Gasteiger partial charge on any atom is -0.463 e. The largest absolute Gasteiger partial charge is 0.463 e. The van der Waals surface area contributed by atoms with E-state index < -0.39 is 54.6 Å². The summed E-state index contributed by atoms with van der Waals surface area (Å²) >= 11 is 0. The lowest BCUT2D eigenvalue weighted by molar-refractivity contribution is -0.288. The lowest BCUT2D eigenvalue weighted by Gasteiger charge is -2.44. The molecule has 1 aliphatic rings. The number of amides is 1. The number of ether oxygens (including phenoxy) is 6. The van der Waals surface area contributed by atoms with Gasteiger partial charge in [0.05, 0.1) is 0 Å². The SMILES string of the molecule is CNC(=O)c1cccc(-c2ccc(OC3OC(COC(C)=O)C(OC(C)=O)C(OC(C)=O)C3OC(C)=O)c(C)c2)c1. The van der Waals surface area contributed by atoms with Crippen LogP contribution in [0.5, 0.6) is 5.75 Å². The van der Waals surface area contributed by atoms with Gasteiger partial charge < -0.3 is 33.7 Å². The molecule has 0 radical (unpaired) electrons. The van der Waals surface area contributed by atoms with Gasteiger partial charge >= 0.3 is 23.9 Å². The molecule has 1 heterocycles. The molecule has 3 rings (SSSR count). The molecule has 0 aromatic heterocycles. The predicted octanol–water partition coefficient (Wildman–Crippen LogP) is 2.48. The van der Waals surface area contributed by atoms with Crippen molar-refractivity contribution in [1.29, 1.82) is 0 Å². The zero-order valence-electron chi connectivity index (χ0n) is 23.6. The second-order valence-electron chi connectivity index (χ2n) is 9.33. The van der Waals surface area contributed by atoms with E-state index in [4.69, 9.17) is 28.4 Å². The van der Waals surface area contributed by atoms with Crippen LogP contribution in [0.2, 0.25) is 0 Å². The molecule has 2 aromatic rings. The van der Waals surface area contributed by atoms with Gasteiger partial charge in [-0.25, -0.2) is 0 Å². The van der Waals surface area contributed by atoms with Crippen molar-refractivity contribution in [2.75, 3.05) is 13.7 Å². The summed E-state index contributed by atoms with van der Waals surface area (Å²) in [5.74, 6) is -2.69. The third-order valence-electron chi connectivity index (χ3n) is 6.05. The highest BCUT2D eigenvalue weighted by Gasteiger charge is 2.53. The maximum absolute atomic E-state index is 12.1. The first kappa shape index (κ1) is 31.1. The zero-order chi connectivity index (χ0) is 30.3. The number of aryl methyl sites for hydroxylation is 1. The van der Waals surface area contributed by atoms with E-state index in [9.17, 15) is 24.0 Å². The van der Waals surface area contributed by atoms with Crippen LogP contribution in [0.15, 0.2) is 42.5 Å². The number of benzene rings is 2. The summed E-state index contributed by atoms with van der Waals surface area (Å²) in [5, 5.41) is 2.60. The van der Waals surface area contributed by atoms with Crippen LogP contribution in [-0.2, 0) is 42.9 Å². The van der Waals surface area contributed by atoms with Gasteiger partial charge in [-0.2, -0.15) is 0 Å². The molecule has 0 bridgehead atoms. The fourth-order valence-electron chi connectivity index (χ4n) is 4.35. The second kappa shape index (κ2) is 13.8. The fraction of sp³-hybridized carbons (Fsp3) is 0.414. The first-order chi connectivity index (χ1) is 19.4. The van der Waals surface area contributed by atoms with Gasteiger partial charge in [0.15, 0.2) is 12.2 Å². The van der Waals surface area contributed by atoms with Crippen molar-refractivity contribution >= 4 is 29.8 Å². The highest BCUT2D eigenvalue weighted by atomic mass is 16.7. The summed E-state index contributed by atoms with van der Waals surface area (Å²) < 4.78 is 33.5. The number of esters is 4. The summed E-state index contributed by atoms with van der Waals surface area (Å²) in [6, 6.07) is 12.4. The number of carbonyl (C=O) groups is 5. The Bertz CT molecular complexity index is 1310. The van der Waals surface area contributed by atoms with E-state index in [-0.39, 0.29) is 12.5 Å². The van der Waals surface area contributed by atoms with Crippen molar-refractivity contribution in [3.05, 3.63) is 53.6 Å². The van der Waals surface area contributed by atoms with Gasteiger partial charge in [0, 0.05) is 40.3 Å². The molecule has 1 fully saturated rings. The van der Waals surface area contributed by atoms with Crippen LogP contribution in [0.1, 0.15) is 43.6 Å². The van der Waals surface area contributed by atoms with E-state index >= 15 is 0 Å². The molecule has 41 heavy (non-hydrogen) atoms. The molecule has 12 heteroatoms. The Hall–Kier alpha value is -4.45. The summed E-state index contributed by atoms with van der Waals surface area (Å²) in [4.78, 5) is 59.6. The van der Waals surface area contributed by atoms with Gasteiger partial charge in [0.2, 0.25) is 12.4 Å². The molecule has 12 nitrogen and oxygen atoms in total. The third kappa shape index (κ3) is 8.27. The molecule has 0 aliphatic carbocycles. The van der Waals surface area contributed by atoms with Gasteiger partial charge in [0.1, 0.15) is 18.5 Å². The van der Waals surface area contributed by atoms with Crippen molar-refractivity contribution in [3.8, 4) is 16.9 Å². The highest BCUT2D eigenvalue weighted by molar-refractivity contribution is 5.95. The van der Waals surface area contributed by atoms with Crippen molar-refractivity contribution in [3.63, 3.8) is 0 Å². The molecular weight excluding hydrogens is 538 g/mol. The van der Waals surface area contributed by atoms with Crippen LogP contribution >= 0.6 is 0 Å². The maximum Gasteiger partial charge on any atom is 0.303 e. The zero-order valence-corrected chi connectivity index (χ0v) is 23.6. The first-order valence-corrected chi connectivity index (χ1v) is 12.8. The van der Waals surface area contributed by atoms with Gasteiger partial charge in [0.25, 0.3) is 5.91 Å². The molecule has 2 aromatic carbocycles. The van der Waals surface area contributed by atoms with Crippen LogP contribution in [-0.4, -0.2) is 74.1 Å². The molecule has 5 atom stereocenters. The lowest BCUT2D eigenvalue weighted by atomic mass is 9.97. The first-order valence-electron chi connectivity index (χ1n) is 12.8. The number of carbonyl (C=O) groups excluding carboxylic acids is 5. The molecule has 1 aliphatic heterocycles. The van der Waals surface area contributed by atoms with E-state index in [1.807, 2.05) is 12.1 Å². The minimum absolute atomic E-state index is 0.216. The van der Waals surface area contributed by atoms with E-state index in [1.165, 1.54) is 6.92 Å². The second-order valence-corrected chi connectivity index (χ2v) is 9.33. The number of nitrogens with one attached hydrogen (secondary N) is 1. The van der Waals surface area contributed by atoms with Crippen LogP contribution < -0.4 is 10.1 Å². The molecule has 220 valence electrons. The van der Waals surface area contributed by atoms with Crippen LogP contribution in [0, 0.1) is 6.92 Å². The summed E-state index contributed by atoms with van der Waals surface area (Å²) in [5.41, 5.74) is 2.77. The van der Waals surface area contributed by atoms with Crippen molar-refractivity contribution < 1.29 is 52.4 Å². The lowest BCUT2D eigenvalue weighted by Crippen LogP contribution is -2.63. The Morgan fingerprint density at radius 1 is 0.780 bits per heavy atom. The van der Waals surface area contributed by atoms with Gasteiger partial charge in [-0.1, -0.05) is 18.2 Å². The highest BCUT2D eigenvalue weighted by Crippen LogP contribution is 2.33. The molecule has 1 N–H and O–H groups in total. The van der Waals surface area contributed by atoms with Crippen LogP contribution in [0.25, 0.3) is 11.1 Å². The van der Waals surface area contributed by atoms with Crippen LogP contribution in [0.4, 0.5) is 0 Å². The van der Waals surface area contributed by atoms with E-state index in [2.05, 4.69) is 5.32 Å². The van der Waals surface area contributed by atoms with E-state index in [1.54, 1.807) is 44.3 Å². The molecule has 1 amide bonds. The minimum atomic E-state index is -1.35. The Balaban J connectivity index is 1.98. The predicted molar refractivity (Wildman–Crippen MR) is 143 cm³/mol. The van der Waals surface area contributed by atoms with Crippen LogP contribution in [0.3, 0.4) is 0 Å². The Morgan fingerprint density at radius 3 is 1.98 bits per heavy atom. The normalized spacial score (nSPS) is 21.7. The third-order valence-corrected chi connectivity index (χ3v) is 6.05. The molecule has 0 spiro atoms.